The van der Waals surface area contributed by atoms with Crippen LogP contribution in [-0.2, 0) is 11.8 Å². The van der Waals surface area contributed by atoms with E-state index in [1.807, 2.05) is 31.9 Å². The van der Waals surface area contributed by atoms with Crippen LogP contribution in [0.3, 0.4) is 0 Å². The van der Waals surface area contributed by atoms with Gasteiger partial charge in [0.05, 0.1) is 11.0 Å². The third-order valence-corrected chi connectivity index (χ3v) is 7.17. The maximum absolute atomic E-state index is 13.2. The molecule has 2 saturated heterocycles. The fourth-order valence-electron chi connectivity index (χ4n) is 4.98. The number of amides is 2. The van der Waals surface area contributed by atoms with E-state index < -0.39 is 0 Å². The van der Waals surface area contributed by atoms with Crippen LogP contribution in [0.5, 0.6) is 0 Å². The zero-order valence-corrected chi connectivity index (χ0v) is 16.4. The summed E-state index contributed by atoms with van der Waals surface area (Å²) in [5, 5.41) is 0. The zero-order chi connectivity index (χ0) is 18.5. The Morgan fingerprint density at radius 2 is 1.96 bits per heavy atom. The standard InChI is InChI=1S/C21H31N3O2/c1-15-12-18(16(2)22(15)3)19(25)24-11-9-21(14-24)8-5-10-23(20(21)26)13-17-6-4-7-17/h12,17H,4-11,13-14H2,1-3H3. The number of likely N-dealkylation sites (tertiary alicyclic amines) is 2. The molecule has 26 heavy (non-hydrogen) atoms. The van der Waals surface area contributed by atoms with Crippen molar-refractivity contribution in [1.29, 1.82) is 0 Å². The predicted molar refractivity (Wildman–Crippen MR) is 101 cm³/mol. The first-order valence-electron chi connectivity index (χ1n) is 10.1. The summed E-state index contributed by atoms with van der Waals surface area (Å²) < 4.78 is 2.06. The van der Waals surface area contributed by atoms with E-state index >= 15 is 0 Å². The third kappa shape index (κ3) is 2.76. The molecule has 0 aromatic carbocycles. The molecular formula is C21H31N3O2. The number of piperidine rings is 1. The first-order chi connectivity index (χ1) is 12.4. The smallest absolute Gasteiger partial charge is 0.255 e. The Labute approximate surface area is 156 Å². The van der Waals surface area contributed by atoms with Crippen molar-refractivity contribution in [2.45, 2.75) is 52.4 Å². The number of aromatic nitrogens is 1. The average Bonchev–Trinajstić information content (AvgIpc) is 3.12. The molecule has 1 aromatic rings. The van der Waals surface area contributed by atoms with E-state index in [-0.39, 0.29) is 11.3 Å². The van der Waals surface area contributed by atoms with Gasteiger partial charge in [-0.3, -0.25) is 9.59 Å². The molecule has 3 fully saturated rings. The molecular weight excluding hydrogens is 326 g/mol. The van der Waals surface area contributed by atoms with E-state index in [0.717, 1.165) is 49.3 Å². The van der Waals surface area contributed by atoms with E-state index in [2.05, 4.69) is 9.47 Å². The first-order valence-corrected chi connectivity index (χ1v) is 10.1. The summed E-state index contributed by atoms with van der Waals surface area (Å²) >= 11 is 0. The van der Waals surface area contributed by atoms with Crippen LogP contribution in [0.1, 0.15) is 60.3 Å². The van der Waals surface area contributed by atoms with Gasteiger partial charge in [0.25, 0.3) is 5.91 Å². The van der Waals surface area contributed by atoms with Gasteiger partial charge in [0, 0.05) is 44.6 Å². The Morgan fingerprint density at radius 1 is 1.19 bits per heavy atom. The average molecular weight is 357 g/mol. The van der Waals surface area contributed by atoms with Gasteiger partial charge >= 0.3 is 0 Å². The lowest BCUT2D eigenvalue weighted by Crippen LogP contribution is -2.52. The highest BCUT2D eigenvalue weighted by molar-refractivity contribution is 5.97. The van der Waals surface area contributed by atoms with E-state index in [0.29, 0.717) is 24.9 Å². The summed E-state index contributed by atoms with van der Waals surface area (Å²) in [4.78, 5) is 30.3. The lowest BCUT2D eigenvalue weighted by atomic mass is 9.77. The number of aryl methyl sites for hydroxylation is 1. The minimum atomic E-state index is -0.324. The lowest BCUT2D eigenvalue weighted by Gasteiger charge is -2.42. The number of hydrogen-bond acceptors (Lipinski definition) is 2. The van der Waals surface area contributed by atoms with Gasteiger partial charge in [-0.05, 0) is 57.9 Å². The number of carbonyl (C=O) groups excluding carboxylic acids is 2. The number of carbonyl (C=O) groups is 2. The van der Waals surface area contributed by atoms with E-state index in [1.165, 1.54) is 19.3 Å². The van der Waals surface area contributed by atoms with E-state index in [9.17, 15) is 9.59 Å². The molecule has 4 rings (SSSR count). The summed E-state index contributed by atoms with van der Waals surface area (Å²) in [6.45, 7) is 7.17. The topological polar surface area (TPSA) is 45.6 Å². The largest absolute Gasteiger partial charge is 0.351 e. The van der Waals surface area contributed by atoms with Gasteiger partial charge in [-0.1, -0.05) is 6.42 Å². The van der Waals surface area contributed by atoms with Crippen molar-refractivity contribution in [2.75, 3.05) is 26.2 Å². The Bertz CT molecular complexity index is 734. The fraction of sp³-hybridized carbons (Fsp3) is 0.714. The maximum atomic E-state index is 13.2. The van der Waals surface area contributed by atoms with Crippen LogP contribution in [-0.4, -0.2) is 52.4 Å². The van der Waals surface area contributed by atoms with Crippen molar-refractivity contribution < 1.29 is 9.59 Å². The van der Waals surface area contributed by atoms with Crippen LogP contribution >= 0.6 is 0 Å². The Balaban J connectivity index is 1.48. The number of nitrogens with zero attached hydrogens (tertiary/aromatic N) is 3. The molecule has 0 radical (unpaired) electrons. The Morgan fingerprint density at radius 3 is 2.58 bits per heavy atom. The maximum Gasteiger partial charge on any atom is 0.255 e. The quantitative estimate of drug-likeness (QED) is 0.835. The highest BCUT2D eigenvalue weighted by Crippen LogP contribution is 2.41. The minimum Gasteiger partial charge on any atom is -0.351 e. The summed E-state index contributed by atoms with van der Waals surface area (Å²) in [6.07, 6.45) is 6.69. The fourth-order valence-corrected chi connectivity index (χ4v) is 4.98. The molecule has 142 valence electrons. The minimum absolute atomic E-state index is 0.0898. The van der Waals surface area contributed by atoms with Crippen LogP contribution in [0, 0.1) is 25.2 Å². The molecule has 1 saturated carbocycles. The highest BCUT2D eigenvalue weighted by Gasteiger charge is 2.49. The molecule has 0 N–H and O–H groups in total. The van der Waals surface area contributed by atoms with Crippen molar-refractivity contribution in [3.63, 3.8) is 0 Å². The van der Waals surface area contributed by atoms with Gasteiger partial charge in [0.2, 0.25) is 5.91 Å². The van der Waals surface area contributed by atoms with Gasteiger partial charge in [0.15, 0.2) is 0 Å². The molecule has 5 nitrogen and oxygen atoms in total. The third-order valence-electron chi connectivity index (χ3n) is 7.17. The summed E-state index contributed by atoms with van der Waals surface area (Å²) in [5.74, 6) is 1.11. The second-order valence-electron chi connectivity index (χ2n) is 8.75. The Kier molecular flexibility index (Phi) is 4.36. The number of hydrogen-bond donors (Lipinski definition) is 0. The van der Waals surface area contributed by atoms with Crippen LogP contribution in [0.4, 0.5) is 0 Å². The highest BCUT2D eigenvalue weighted by atomic mass is 16.2. The van der Waals surface area contributed by atoms with Crippen molar-refractivity contribution in [3.05, 3.63) is 23.0 Å². The Hall–Kier alpha value is -1.78. The molecule has 5 heteroatoms. The molecule has 1 spiro atoms. The van der Waals surface area contributed by atoms with Crippen LogP contribution in [0.25, 0.3) is 0 Å². The van der Waals surface area contributed by atoms with Gasteiger partial charge < -0.3 is 14.4 Å². The first kappa shape index (κ1) is 17.6. The van der Waals surface area contributed by atoms with Crippen LogP contribution in [0.15, 0.2) is 6.07 Å². The zero-order valence-electron chi connectivity index (χ0n) is 16.4. The van der Waals surface area contributed by atoms with E-state index in [1.54, 1.807) is 0 Å². The lowest BCUT2D eigenvalue weighted by molar-refractivity contribution is -0.146. The molecule has 3 aliphatic rings. The predicted octanol–water partition coefficient (Wildman–Crippen LogP) is 2.90. The van der Waals surface area contributed by atoms with Gasteiger partial charge in [-0.15, -0.1) is 0 Å². The SMILES string of the molecule is Cc1cc(C(=O)N2CCC3(CCCN(CC4CCC4)C3=O)C2)c(C)n1C. The van der Waals surface area contributed by atoms with E-state index in [4.69, 9.17) is 0 Å². The molecule has 2 aliphatic heterocycles. The molecule has 1 atom stereocenters. The van der Waals surface area contributed by atoms with Gasteiger partial charge in [-0.25, -0.2) is 0 Å². The van der Waals surface area contributed by atoms with Crippen molar-refractivity contribution >= 4 is 11.8 Å². The van der Waals surface area contributed by atoms with Crippen LogP contribution < -0.4 is 0 Å². The summed E-state index contributed by atoms with van der Waals surface area (Å²) in [7, 11) is 2.00. The molecule has 1 aromatic heterocycles. The molecule has 1 unspecified atom stereocenters. The van der Waals surface area contributed by atoms with Crippen LogP contribution in [0.2, 0.25) is 0 Å². The van der Waals surface area contributed by atoms with Crippen molar-refractivity contribution in [1.82, 2.24) is 14.4 Å². The molecule has 2 amide bonds. The molecule has 0 bridgehead atoms. The molecule has 1 aliphatic carbocycles. The summed E-state index contributed by atoms with van der Waals surface area (Å²) in [5.41, 5.74) is 2.57. The molecule has 3 heterocycles. The second kappa shape index (κ2) is 6.43. The van der Waals surface area contributed by atoms with Crippen molar-refractivity contribution in [2.24, 2.45) is 18.4 Å². The number of rotatable bonds is 3. The normalized spacial score (nSPS) is 26.7. The van der Waals surface area contributed by atoms with Gasteiger partial charge in [-0.2, -0.15) is 0 Å². The monoisotopic (exact) mass is 357 g/mol. The van der Waals surface area contributed by atoms with Gasteiger partial charge in [0.1, 0.15) is 0 Å². The summed E-state index contributed by atoms with van der Waals surface area (Å²) in [6, 6.07) is 1.98. The second-order valence-corrected chi connectivity index (χ2v) is 8.75. The van der Waals surface area contributed by atoms with Crippen molar-refractivity contribution in [3.8, 4) is 0 Å².